The van der Waals surface area contributed by atoms with Gasteiger partial charge in [-0.25, -0.2) is 0 Å². The average molecular weight is 224 g/mol. The van der Waals surface area contributed by atoms with Crippen LogP contribution in [0.4, 0.5) is 13.2 Å². The molecule has 0 aromatic carbocycles. The van der Waals surface area contributed by atoms with E-state index in [0.29, 0.717) is 13.0 Å². The van der Waals surface area contributed by atoms with E-state index in [-0.39, 0.29) is 6.04 Å². The summed E-state index contributed by atoms with van der Waals surface area (Å²) in [6, 6.07) is -0.368. The maximum absolute atomic E-state index is 12.0. The van der Waals surface area contributed by atoms with E-state index >= 15 is 0 Å². The lowest BCUT2D eigenvalue weighted by atomic mass is 10.1. The first-order valence-corrected chi connectivity index (χ1v) is 5.03. The highest BCUT2D eigenvalue weighted by atomic mass is 19.4. The molecule has 1 fully saturated rings. The van der Waals surface area contributed by atoms with Gasteiger partial charge in [0.2, 0.25) is 0 Å². The van der Waals surface area contributed by atoms with E-state index in [2.05, 4.69) is 0 Å². The number of carbonyl (C=O) groups excluding carboxylic acids is 1. The fourth-order valence-corrected chi connectivity index (χ4v) is 1.73. The molecule has 0 bridgehead atoms. The second-order valence-corrected chi connectivity index (χ2v) is 3.70. The molecule has 1 amide bonds. The Balaban J connectivity index is 2.41. The van der Waals surface area contributed by atoms with Crippen molar-refractivity contribution >= 4 is 5.91 Å². The lowest BCUT2D eigenvalue weighted by Gasteiger charge is -2.32. The van der Waals surface area contributed by atoms with Crippen molar-refractivity contribution < 1.29 is 18.0 Å². The van der Waals surface area contributed by atoms with Crippen LogP contribution in [-0.4, -0.2) is 42.7 Å². The highest BCUT2D eigenvalue weighted by Crippen LogP contribution is 2.16. The minimum Gasteiger partial charge on any atom is -0.344 e. The Bertz CT molecular complexity index is 230. The molecule has 1 N–H and O–H groups in total. The molecule has 1 aliphatic heterocycles. The van der Waals surface area contributed by atoms with Gasteiger partial charge in [-0.1, -0.05) is 6.92 Å². The van der Waals surface area contributed by atoms with Crippen LogP contribution in [-0.2, 0) is 4.79 Å². The first kappa shape index (κ1) is 12.3. The number of alkyl halides is 3. The predicted molar refractivity (Wildman–Crippen MR) is 49.3 cm³/mol. The van der Waals surface area contributed by atoms with Gasteiger partial charge in [0.05, 0.1) is 0 Å². The van der Waals surface area contributed by atoms with E-state index in [1.165, 1.54) is 0 Å². The topological polar surface area (TPSA) is 32.3 Å². The van der Waals surface area contributed by atoms with Crippen molar-refractivity contribution in [2.24, 2.45) is 0 Å². The van der Waals surface area contributed by atoms with Crippen LogP contribution in [0.2, 0.25) is 0 Å². The molecule has 15 heavy (non-hydrogen) atoms. The summed E-state index contributed by atoms with van der Waals surface area (Å²) in [5, 5.41) is 2.02. The third kappa shape index (κ3) is 3.70. The summed E-state index contributed by atoms with van der Waals surface area (Å²) in [6.07, 6.45) is -3.32. The fraction of sp³-hybridized carbons (Fsp3) is 0.889. The van der Waals surface area contributed by atoms with Crippen LogP contribution in [0.25, 0.3) is 0 Å². The number of amides is 1. The Morgan fingerprint density at radius 1 is 1.53 bits per heavy atom. The standard InChI is InChI=1S/C9H15F3N2O/c1-2-14-5-3-4-7(6-14)13-8(15)9(10,11)12/h7H,2-6H2,1H3,(H,13,15). The fourth-order valence-electron chi connectivity index (χ4n) is 1.73. The maximum atomic E-state index is 12.0. The number of likely N-dealkylation sites (N-methyl/N-ethyl adjacent to an activating group) is 1. The molecule has 1 heterocycles. The number of piperidine rings is 1. The van der Waals surface area contributed by atoms with Crippen LogP contribution in [0.5, 0.6) is 0 Å². The first-order chi connectivity index (χ1) is 6.93. The van der Waals surface area contributed by atoms with Crippen LogP contribution in [0.3, 0.4) is 0 Å². The zero-order valence-electron chi connectivity index (χ0n) is 8.60. The number of hydrogen-bond acceptors (Lipinski definition) is 2. The first-order valence-electron chi connectivity index (χ1n) is 5.03. The van der Waals surface area contributed by atoms with E-state index in [9.17, 15) is 18.0 Å². The van der Waals surface area contributed by atoms with Crippen molar-refractivity contribution in [3.05, 3.63) is 0 Å². The van der Waals surface area contributed by atoms with E-state index in [4.69, 9.17) is 0 Å². The van der Waals surface area contributed by atoms with Crippen LogP contribution in [0, 0.1) is 0 Å². The van der Waals surface area contributed by atoms with Gasteiger partial charge in [-0.15, -0.1) is 0 Å². The van der Waals surface area contributed by atoms with Crippen molar-refractivity contribution in [1.82, 2.24) is 10.2 Å². The van der Waals surface area contributed by atoms with E-state index in [1.54, 1.807) is 0 Å². The number of rotatable bonds is 2. The summed E-state index contributed by atoms with van der Waals surface area (Å²) in [4.78, 5) is 12.7. The van der Waals surface area contributed by atoms with Gasteiger partial charge in [-0.05, 0) is 25.9 Å². The average Bonchev–Trinajstić information content (AvgIpc) is 2.16. The molecule has 1 atom stereocenters. The number of nitrogens with zero attached hydrogens (tertiary/aromatic N) is 1. The molecule has 1 saturated heterocycles. The van der Waals surface area contributed by atoms with Gasteiger partial charge in [0.1, 0.15) is 0 Å². The lowest BCUT2D eigenvalue weighted by molar-refractivity contribution is -0.174. The zero-order valence-corrected chi connectivity index (χ0v) is 8.60. The van der Waals surface area contributed by atoms with Crippen LogP contribution >= 0.6 is 0 Å². The zero-order chi connectivity index (χ0) is 11.5. The third-order valence-corrected chi connectivity index (χ3v) is 2.55. The van der Waals surface area contributed by atoms with Gasteiger partial charge in [0.15, 0.2) is 0 Å². The van der Waals surface area contributed by atoms with Gasteiger partial charge in [-0.2, -0.15) is 13.2 Å². The molecule has 1 aliphatic rings. The molecule has 0 aromatic rings. The highest BCUT2D eigenvalue weighted by molar-refractivity contribution is 5.81. The minimum absolute atomic E-state index is 0.368. The molecule has 1 unspecified atom stereocenters. The lowest BCUT2D eigenvalue weighted by Crippen LogP contribution is -2.50. The molecule has 0 aromatic heterocycles. The van der Waals surface area contributed by atoms with Crippen molar-refractivity contribution in [3.8, 4) is 0 Å². The molecule has 1 rings (SSSR count). The molecule has 6 heteroatoms. The van der Waals surface area contributed by atoms with Crippen molar-refractivity contribution in [1.29, 1.82) is 0 Å². The minimum atomic E-state index is -4.77. The molecule has 0 aliphatic carbocycles. The van der Waals surface area contributed by atoms with Gasteiger partial charge >= 0.3 is 12.1 Å². The molecule has 0 radical (unpaired) electrons. The molecule has 3 nitrogen and oxygen atoms in total. The largest absolute Gasteiger partial charge is 0.471 e. The van der Waals surface area contributed by atoms with Crippen molar-refractivity contribution in [2.75, 3.05) is 19.6 Å². The van der Waals surface area contributed by atoms with Crippen LogP contribution in [0.15, 0.2) is 0 Å². The molecular weight excluding hydrogens is 209 g/mol. The van der Waals surface area contributed by atoms with Gasteiger partial charge in [0.25, 0.3) is 0 Å². The quantitative estimate of drug-likeness (QED) is 0.763. The van der Waals surface area contributed by atoms with Crippen LogP contribution in [0.1, 0.15) is 19.8 Å². The van der Waals surface area contributed by atoms with Crippen molar-refractivity contribution in [2.45, 2.75) is 32.0 Å². The second kappa shape index (κ2) is 4.83. The van der Waals surface area contributed by atoms with Gasteiger partial charge in [0, 0.05) is 12.6 Å². The predicted octanol–water partition coefficient (Wildman–Crippen LogP) is 1.15. The van der Waals surface area contributed by atoms with E-state index in [0.717, 1.165) is 19.5 Å². The number of carbonyl (C=O) groups is 1. The number of nitrogens with one attached hydrogen (secondary N) is 1. The maximum Gasteiger partial charge on any atom is 0.471 e. The normalized spacial score (nSPS) is 23.9. The summed E-state index contributed by atoms with van der Waals surface area (Å²) in [6.45, 7) is 4.17. The summed E-state index contributed by atoms with van der Waals surface area (Å²) in [5.41, 5.74) is 0. The molecular formula is C9H15F3N2O. The number of halogens is 3. The Morgan fingerprint density at radius 3 is 2.73 bits per heavy atom. The summed E-state index contributed by atoms with van der Waals surface area (Å²) >= 11 is 0. The Hall–Kier alpha value is -0.780. The molecule has 0 spiro atoms. The Labute approximate surface area is 86.6 Å². The number of likely N-dealkylation sites (tertiary alicyclic amines) is 1. The summed E-state index contributed by atoms with van der Waals surface area (Å²) in [7, 11) is 0. The van der Waals surface area contributed by atoms with Crippen molar-refractivity contribution in [3.63, 3.8) is 0 Å². The van der Waals surface area contributed by atoms with Gasteiger partial charge < -0.3 is 10.2 Å². The monoisotopic (exact) mass is 224 g/mol. The SMILES string of the molecule is CCN1CCCC(NC(=O)C(F)(F)F)C1. The van der Waals surface area contributed by atoms with Crippen LogP contribution < -0.4 is 5.32 Å². The smallest absolute Gasteiger partial charge is 0.344 e. The van der Waals surface area contributed by atoms with Gasteiger partial charge in [-0.3, -0.25) is 4.79 Å². The number of hydrogen-bond donors (Lipinski definition) is 1. The highest BCUT2D eigenvalue weighted by Gasteiger charge is 2.40. The molecule has 88 valence electrons. The molecule has 0 saturated carbocycles. The third-order valence-electron chi connectivity index (χ3n) is 2.55. The van der Waals surface area contributed by atoms with E-state index in [1.807, 2.05) is 17.1 Å². The summed E-state index contributed by atoms with van der Waals surface area (Å²) in [5.74, 6) is -1.83. The Morgan fingerprint density at radius 2 is 2.20 bits per heavy atom. The Kier molecular flexibility index (Phi) is 3.96. The van der Waals surface area contributed by atoms with E-state index < -0.39 is 12.1 Å². The second-order valence-electron chi connectivity index (χ2n) is 3.70. The summed E-state index contributed by atoms with van der Waals surface area (Å²) < 4.78 is 35.9.